The highest BCUT2D eigenvalue weighted by atomic mass is 16.4. The van der Waals surface area contributed by atoms with Crippen molar-refractivity contribution in [3.63, 3.8) is 0 Å². The average Bonchev–Trinajstić information content (AvgIpc) is 2.74. The molecule has 0 bridgehead atoms. The van der Waals surface area contributed by atoms with E-state index >= 15 is 0 Å². The zero-order valence-electron chi connectivity index (χ0n) is 17.7. The molecule has 0 heterocycles. The van der Waals surface area contributed by atoms with E-state index in [2.05, 4.69) is 10.6 Å². The van der Waals surface area contributed by atoms with Gasteiger partial charge in [-0.05, 0) is 49.7 Å². The molecule has 0 spiro atoms. The Morgan fingerprint density at radius 1 is 1.16 bits per heavy atom. The molecule has 1 aliphatic carbocycles. The molecule has 32 heavy (non-hydrogen) atoms. The molecular weight excluding hydrogens is 419 g/mol. The Kier molecular flexibility index (Phi) is 9.45. The number of hydrogen-bond acceptors (Lipinski definition) is 8. The summed E-state index contributed by atoms with van der Waals surface area (Å²) in [6, 6.07) is 3.35. The van der Waals surface area contributed by atoms with Crippen molar-refractivity contribution in [1.29, 1.82) is 0 Å². The van der Waals surface area contributed by atoms with Gasteiger partial charge >= 0.3 is 13.1 Å². The van der Waals surface area contributed by atoms with E-state index in [1.807, 2.05) is 0 Å². The van der Waals surface area contributed by atoms with E-state index in [1.165, 1.54) is 18.2 Å². The van der Waals surface area contributed by atoms with Crippen molar-refractivity contribution in [2.45, 2.75) is 56.5 Å². The fourth-order valence-corrected chi connectivity index (χ4v) is 3.85. The third-order valence-corrected chi connectivity index (χ3v) is 5.75. The predicted octanol–water partition coefficient (Wildman–Crippen LogP) is -1.52. The minimum atomic E-state index is -1.90. The number of carboxylic acid groups (broad SMARTS) is 1. The summed E-state index contributed by atoms with van der Waals surface area (Å²) in [7, 11) is -1.90. The number of hydrogen-bond donors (Lipinski definition) is 8. The molecule has 1 aromatic rings. The number of phenols is 1. The number of benzene rings is 1. The maximum absolute atomic E-state index is 12.5. The van der Waals surface area contributed by atoms with Crippen LogP contribution in [0.1, 0.15) is 48.0 Å². The van der Waals surface area contributed by atoms with Gasteiger partial charge in [-0.3, -0.25) is 9.59 Å². The Labute approximate surface area is 186 Å². The van der Waals surface area contributed by atoms with E-state index < -0.39 is 30.8 Å². The van der Waals surface area contributed by atoms with Crippen LogP contribution in [0.15, 0.2) is 18.2 Å². The van der Waals surface area contributed by atoms with Gasteiger partial charge < -0.3 is 42.4 Å². The zero-order chi connectivity index (χ0) is 23.8. The summed E-state index contributed by atoms with van der Waals surface area (Å²) in [5.41, 5.74) is 10.9. The molecule has 12 heteroatoms. The molecule has 11 nitrogen and oxygen atoms in total. The number of carboxylic acids is 1. The molecule has 1 aliphatic rings. The highest BCUT2D eigenvalue weighted by molar-refractivity contribution is 6.43. The maximum Gasteiger partial charge on any atom is 0.475 e. The number of carbonyl (C=O) groups is 3. The quantitative estimate of drug-likeness (QED) is 0.194. The van der Waals surface area contributed by atoms with Crippen LogP contribution in [0, 0.1) is 5.92 Å². The highest BCUT2D eigenvalue weighted by Crippen LogP contribution is 2.27. The Hall–Kier alpha value is -2.67. The van der Waals surface area contributed by atoms with Crippen molar-refractivity contribution in [2.75, 3.05) is 6.54 Å². The minimum absolute atomic E-state index is 0.0177. The van der Waals surface area contributed by atoms with E-state index in [4.69, 9.17) is 16.6 Å². The molecular formula is C20H31BN4O7. The molecule has 10 N–H and O–H groups in total. The van der Waals surface area contributed by atoms with Gasteiger partial charge in [-0.1, -0.05) is 12.1 Å². The molecule has 2 unspecified atom stereocenters. The van der Waals surface area contributed by atoms with Gasteiger partial charge in [0, 0.05) is 19.0 Å². The number of aromatic carboxylic acids is 1. The molecule has 176 valence electrons. The van der Waals surface area contributed by atoms with Gasteiger partial charge in [-0.2, -0.15) is 0 Å². The van der Waals surface area contributed by atoms with Gasteiger partial charge in [0.15, 0.2) is 0 Å². The second-order valence-corrected chi connectivity index (χ2v) is 8.18. The highest BCUT2D eigenvalue weighted by Gasteiger charge is 2.30. The summed E-state index contributed by atoms with van der Waals surface area (Å²) in [5, 5.41) is 44.0. The van der Waals surface area contributed by atoms with Crippen LogP contribution in [0.3, 0.4) is 0 Å². The van der Waals surface area contributed by atoms with Crippen LogP contribution in [0.25, 0.3) is 0 Å². The lowest BCUT2D eigenvalue weighted by molar-refractivity contribution is -0.124. The van der Waals surface area contributed by atoms with E-state index in [-0.39, 0.29) is 54.3 Å². The third kappa shape index (κ3) is 7.19. The first-order valence-corrected chi connectivity index (χ1v) is 10.6. The molecule has 1 saturated carbocycles. The van der Waals surface area contributed by atoms with Crippen LogP contribution < -0.4 is 22.1 Å². The first kappa shape index (κ1) is 25.6. The number of carbonyl (C=O) groups excluding carboxylic acids is 2. The SMILES string of the molecule is NCC(N)C(=O)NC1CCC(CC(=O)NC(Cc2cccc(C(=O)O)c2O)B(O)O)CC1. The second kappa shape index (κ2) is 11.8. The van der Waals surface area contributed by atoms with Gasteiger partial charge in [-0.15, -0.1) is 0 Å². The molecule has 0 aliphatic heterocycles. The predicted molar refractivity (Wildman–Crippen MR) is 116 cm³/mol. The summed E-state index contributed by atoms with van der Waals surface area (Å²) >= 11 is 0. The fraction of sp³-hybridized carbons (Fsp3) is 0.550. The van der Waals surface area contributed by atoms with Crippen molar-refractivity contribution in [3.8, 4) is 5.75 Å². The van der Waals surface area contributed by atoms with Crippen LogP contribution in [0.5, 0.6) is 5.75 Å². The van der Waals surface area contributed by atoms with Gasteiger partial charge in [-0.25, -0.2) is 4.79 Å². The van der Waals surface area contributed by atoms with Gasteiger partial charge in [0.25, 0.3) is 0 Å². The Morgan fingerprint density at radius 3 is 2.38 bits per heavy atom. The lowest BCUT2D eigenvalue weighted by Crippen LogP contribution is -2.50. The van der Waals surface area contributed by atoms with Crippen molar-refractivity contribution >= 4 is 24.9 Å². The van der Waals surface area contributed by atoms with Gasteiger partial charge in [0.2, 0.25) is 11.8 Å². The summed E-state index contributed by atoms with van der Waals surface area (Å²) in [6.45, 7) is 0.0671. The van der Waals surface area contributed by atoms with E-state index in [9.17, 15) is 29.5 Å². The summed E-state index contributed by atoms with van der Waals surface area (Å²) in [5.74, 6) is -3.50. The molecule has 2 amide bonds. The molecule has 2 atom stereocenters. The molecule has 0 aromatic heterocycles. The first-order valence-electron chi connectivity index (χ1n) is 10.6. The number of aromatic hydroxyl groups is 1. The Balaban J connectivity index is 1.88. The van der Waals surface area contributed by atoms with Gasteiger partial charge in [0.1, 0.15) is 11.3 Å². The topological polar surface area (TPSA) is 208 Å². The Bertz CT molecular complexity index is 815. The van der Waals surface area contributed by atoms with Crippen molar-refractivity contribution in [1.82, 2.24) is 10.6 Å². The largest absolute Gasteiger partial charge is 0.507 e. The van der Waals surface area contributed by atoms with E-state index in [1.54, 1.807) is 0 Å². The number of para-hydroxylation sites is 1. The monoisotopic (exact) mass is 450 g/mol. The van der Waals surface area contributed by atoms with Crippen molar-refractivity contribution in [2.24, 2.45) is 17.4 Å². The van der Waals surface area contributed by atoms with Crippen molar-refractivity contribution < 1.29 is 34.6 Å². The number of nitrogens with one attached hydrogen (secondary N) is 2. The maximum atomic E-state index is 12.5. The average molecular weight is 450 g/mol. The van der Waals surface area contributed by atoms with Crippen LogP contribution in [0.2, 0.25) is 0 Å². The van der Waals surface area contributed by atoms with Crippen LogP contribution >= 0.6 is 0 Å². The van der Waals surface area contributed by atoms with Crippen molar-refractivity contribution in [3.05, 3.63) is 29.3 Å². The summed E-state index contributed by atoms with van der Waals surface area (Å²) in [6.07, 6.45) is 2.84. The lowest BCUT2D eigenvalue weighted by atomic mass is 9.75. The van der Waals surface area contributed by atoms with Crippen LogP contribution in [0.4, 0.5) is 0 Å². The molecule has 2 rings (SSSR count). The summed E-state index contributed by atoms with van der Waals surface area (Å²) < 4.78 is 0. The molecule has 1 aromatic carbocycles. The van der Waals surface area contributed by atoms with E-state index in [0.717, 1.165) is 0 Å². The number of amides is 2. The van der Waals surface area contributed by atoms with Gasteiger partial charge in [0.05, 0.1) is 12.0 Å². The number of rotatable bonds is 10. The molecule has 0 radical (unpaired) electrons. The standard InChI is InChI=1S/C20H31BN4O7/c22-10-15(23)19(28)24-13-6-4-11(5-7-13)8-17(26)25-16(21(31)32)9-12-2-1-3-14(18(12)27)20(29)30/h1-3,11,13,15-16,27,31-32H,4-10,22-23H2,(H,24,28)(H,25,26)(H,29,30). The van der Waals surface area contributed by atoms with Crippen LogP contribution in [-0.2, 0) is 16.0 Å². The zero-order valence-corrected chi connectivity index (χ0v) is 17.7. The second-order valence-electron chi connectivity index (χ2n) is 8.18. The minimum Gasteiger partial charge on any atom is -0.507 e. The van der Waals surface area contributed by atoms with Crippen LogP contribution in [-0.4, -0.2) is 69.7 Å². The van der Waals surface area contributed by atoms with E-state index in [0.29, 0.717) is 25.7 Å². The normalized spacial score (nSPS) is 20.1. The molecule has 0 saturated heterocycles. The molecule has 1 fully saturated rings. The number of nitrogens with two attached hydrogens (primary N) is 2. The smallest absolute Gasteiger partial charge is 0.475 e. The Morgan fingerprint density at radius 2 is 1.81 bits per heavy atom. The summed E-state index contributed by atoms with van der Waals surface area (Å²) in [4.78, 5) is 35.5. The first-order chi connectivity index (χ1) is 15.1. The lowest BCUT2D eigenvalue weighted by Gasteiger charge is -2.30. The fourth-order valence-electron chi connectivity index (χ4n) is 3.85. The third-order valence-electron chi connectivity index (χ3n) is 5.75.